The third-order valence-corrected chi connectivity index (χ3v) is 6.10. The SMILES string of the molecule is CN(C)C(=O)C(Sc1nnc(NCC2CCCO2)s1)c1ccccc1. The molecule has 1 amide bonds. The molecule has 1 saturated heterocycles. The second kappa shape index (κ2) is 8.64. The van der Waals surface area contributed by atoms with Gasteiger partial charge in [0.05, 0.1) is 6.10 Å². The summed E-state index contributed by atoms with van der Waals surface area (Å²) >= 11 is 2.91. The number of carbonyl (C=O) groups excluding carboxylic acids is 1. The van der Waals surface area contributed by atoms with Crippen LogP contribution < -0.4 is 5.32 Å². The summed E-state index contributed by atoms with van der Waals surface area (Å²) in [7, 11) is 3.54. The van der Waals surface area contributed by atoms with E-state index >= 15 is 0 Å². The Bertz CT molecular complexity index is 687. The summed E-state index contributed by atoms with van der Waals surface area (Å²) in [5.41, 5.74) is 0.968. The van der Waals surface area contributed by atoms with Gasteiger partial charge in [0.1, 0.15) is 5.25 Å². The molecule has 2 heterocycles. The maximum atomic E-state index is 12.6. The first-order valence-corrected chi connectivity index (χ1v) is 9.95. The van der Waals surface area contributed by atoms with Crippen LogP contribution >= 0.6 is 23.1 Å². The Balaban J connectivity index is 1.66. The van der Waals surface area contributed by atoms with E-state index < -0.39 is 0 Å². The predicted molar refractivity (Wildman–Crippen MR) is 101 cm³/mol. The normalized spacial score (nSPS) is 18.1. The highest BCUT2D eigenvalue weighted by molar-refractivity contribution is 8.01. The fourth-order valence-electron chi connectivity index (χ4n) is 2.56. The van der Waals surface area contributed by atoms with Crippen LogP contribution in [0.3, 0.4) is 0 Å². The highest BCUT2D eigenvalue weighted by Gasteiger charge is 2.25. The van der Waals surface area contributed by atoms with Crippen molar-refractivity contribution in [2.75, 3.05) is 32.6 Å². The van der Waals surface area contributed by atoms with E-state index in [2.05, 4.69) is 15.5 Å². The molecule has 8 heteroatoms. The third kappa shape index (κ3) is 4.93. The zero-order valence-electron chi connectivity index (χ0n) is 14.3. The van der Waals surface area contributed by atoms with E-state index in [0.717, 1.165) is 41.0 Å². The minimum Gasteiger partial charge on any atom is -0.376 e. The number of hydrogen-bond donors (Lipinski definition) is 1. The van der Waals surface area contributed by atoms with Crippen LogP contribution in [0.15, 0.2) is 34.7 Å². The number of aromatic nitrogens is 2. The van der Waals surface area contributed by atoms with E-state index in [1.165, 1.54) is 23.1 Å². The number of nitrogens with one attached hydrogen (secondary N) is 1. The van der Waals surface area contributed by atoms with Gasteiger partial charge in [-0.05, 0) is 18.4 Å². The van der Waals surface area contributed by atoms with Crippen molar-refractivity contribution in [3.63, 3.8) is 0 Å². The van der Waals surface area contributed by atoms with Gasteiger partial charge in [0.2, 0.25) is 11.0 Å². The molecule has 2 atom stereocenters. The number of amides is 1. The van der Waals surface area contributed by atoms with Crippen molar-refractivity contribution in [3.05, 3.63) is 35.9 Å². The number of rotatable bonds is 7. The lowest BCUT2D eigenvalue weighted by molar-refractivity contribution is -0.128. The van der Waals surface area contributed by atoms with Crippen molar-refractivity contribution in [3.8, 4) is 0 Å². The molecule has 1 fully saturated rings. The molecule has 1 aliphatic rings. The molecule has 3 rings (SSSR count). The summed E-state index contributed by atoms with van der Waals surface area (Å²) in [5, 5.41) is 12.1. The number of carbonyl (C=O) groups is 1. The van der Waals surface area contributed by atoms with Gasteiger partial charge in [0, 0.05) is 27.2 Å². The highest BCUT2D eigenvalue weighted by Crippen LogP contribution is 2.38. The van der Waals surface area contributed by atoms with Crippen LogP contribution in [0.2, 0.25) is 0 Å². The highest BCUT2D eigenvalue weighted by atomic mass is 32.2. The van der Waals surface area contributed by atoms with E-state index in [9.17, 15) is 4.79 Å². The van der Waals surface area contributed by atoms with Crippen LogP contribution in [0.5, 0.6) is 0 Å². The van der Waals surface area contributed by atoms with E-state index in [4.69, 9.17) is 4.74 Å². The number of thioether (sulfide) groups is 1. The Kier molecular flexibility index (Phi) is 6.28. The van der Waals surface area contributed by atoms with Crippen molar-refractivity contribution in [2.45, 2.75) is 28.5 Å². The summed E-state index contributed by atoms with van der Waals surface area (Å²) in [6.07, 6.45) is 2.46. The predicted octanol–water partition coefficient (Wildman–Crippen LogP) is 3.05. The molecule has 0 saturated carbocycles. The molecule has 0 aliphatic carbocycles. The second-order valence-electron chi connectivity index (χ2n) is 6.03. The lowest BCUT2D eigenvalue weighted by atomic mass is 10.1. The van der Waals surface area contributed by atoms with Crippen LogP contribution in [0.4, 0.5) is 5.13 Å². The molecule has 2 aromatic rings. The Hall–Kier alpha value is -1.64. The topological polar surface area (TPSA) is 67.4 Å². The summed E-state index contributed by atoms with van der Waals surface area (Å²) in [5.74, 6) is 0.0419. The van der Waals surface area contributed by atoms with Gasteiger partial charge in [0.15, 0.2) is 4.34 Å². The lowest BCUT2D eigenvalue weighted by Gasteiger charge is -2.19. The lowest BCUT2D eigenvalue weighted by Crippen LogP contribution is -2.26. The number of benzene rings is 1. The first kappa shape index (κ1) is 18.2. The smallest absolute Gasteiger partial charge is 0.240 e. The summed E-state index contributed by atoms with van der Waals surface area (Å²) < 4.78 is 6.38. The molecule has 134 valence electrons. The largest absolute Gasteiger partial charge is 0.376 e. The fourth-order valence-corrected chi connectivity index (χ4v) is 4.66. The summed E-state index contributed by atoms with van der Waals surface area (Å²) in [6, 6.07) is 9.78. The van der Waals surface area contributed by atoms with Gasteiger partial charge in [-0.2, -0.15) is 0 Å². The van der Waals surface area contributed by atoms with E-state index in [1.54, 1.807) is 19.0 Å². The Morgan fingerprint density at radius 3 is 2.88 bits per heavy atom. The third-order valence-electron chi connectivity index (χ3n) is 3.90. The van der Waals surface area contributed by atoms with Crippen molar-refractivity contribution in [1.82, 2.24) is 15.1 Å². The van der Waals surface area contributed by atoms with Crippen LogP contribution in [0.25, 0.3) is 0 Å². The first-order chi connectivity index (χ1) is 12.1. The maximum Gasteiger partial charge on any atom is 0.240 e. The van der Waals surface area contributed by atoms with Gasteiger partial charge in [-0.3, -0.25) is 4.79 Å². The molecule has 1 aromatic carbocycles. The number of nitrogens with zero attached hydrogens (tertiary/aromatic N) is 3. The van der Waals surface area contributed by atoms with Crippen LogP contribution in [-0.4, -0.2) is 54.4 Å². The Morgan fingerprint density at radius 1 is 1.40 bits per heavy atom. The number of ether oxygens (including phenoxy) is 1. The first-order valence-electron chi connectivity index (χ1n) is 8.25. The van der Waals surface area contributed by atoms with Crippen molar-refractivity contribution in [1.29, 1.82) is 0 Å². The van der Waals surface area contributed by atoms with Gasteiger partial charge < -0.3 is 15.0 Å². The molecular formula is C17H22N4O2S2. The number of anilines is 1. The number of likely N-dealkylation sites (N-methyl/N-ethyl adjacent to an activating group) is 1. The fraction of sp³-hybridized carbons (Fsp3) is 0.471. The van der Waals surface area contributed by atoms with Gasteiger partial charge in [-0.1, -0.05) is 53.4 Å². The Morgan fingerprint density at radius 2 is 2.20 bits per heavy atom. The summed E-state index contributed by atoms with van der Waals surface area (Å²) in [4.78, 5) is 14.2. The minimum absolute atomic E-state index is 0.0419. The van der Waals surface area contributed by atoms with Gasteiger partial charge in [-0.25, -0.2) is 0 Å². The monoisotopic (exact) mass is 378 g/mol. The molecule has 6 nitrogen and oxygen atoms in total. The summed E-state index contributed by atoms with van der Waals surface area (Å²) in [6.45, 7) is 1.59. The molecule has 0 spiro atoms. The van der Waals surface area contributed by atoms with Crippen molar-refractivity contribution < 1.29 is 9.53 Å². The molecule has 0 bridgehead atoms. The molecular weight excluding hydrogens is 356 g/mol. The quantitative estimate of drug-likeness (QED) is 0.747. The zero-order valence-corrected chi connectivity index (χ0v) is 16.0. The van der Waals surface area contributed by atoms with E-state index in [0.29, 0.717) is 0 Å². The molecule has 1 N–H and O–H groups in total. The second-order valence-corrected chi connectivity index (χ2v) is 8.36. The average molecular weight is 379 g/mol. The molecule has 0 radical (unpaired) electrons. The van der Waals surface area contributed by atoms with Gasteiger partial charge in [0.25, 0.3) is 0 Å². The minimum atomic E-state index is -0.324. The van der Waals surface area contributed by atoms with E-state index in [-0.39, 0.29) is 17.3 Å². The average Bonchev–Trinajstić information content (AvgIpc) is 3.29. The number of hydrogen-bond acceptors (Lipinski definition) is 7. The zero-order chi connectivity index (χ0) is 17.6. The van der Waals surface area contributed by atoms with Crippen LogP contribution in [0.1, 0.15) is 23.7 Å². The van der Waals surface area contributed by atoms with Gasteiger partial charge in [-0.15, -0.1) is 10.2 Å². The van der Waals surface area contributed by atoms with Crippen LogP contribution in [0, 0.1) is 0 Å². The van der Waals surface area contributed by atoms with E-state index in [1.807, 2.05) is 30.3 Å². The van der Waals surface area contributed by atoms with Crippen molar-refractivity contribution in [2.24, 2.45) is 0 Å². The maximum absolute atomic E-state index is 12.6. The standard InChI is InChI=1S/C17H22N4O2S2/c1-21(2)15(22)14(12-7-4-3-5-8-12)24-17-20-19-16(25-17)18-11-13-9-6-10-23-13/h3-5,7-8,13-14H,6,9-11H2,1-2H3,(H,18,19). The molecule has 1 aliphatic heterocycles. The Labute approximate surface area is 156 Å². The van der Waals surface area contributed by atoms with Crippen molar-refractivity contribution >= 4 is 34.1 Å². The van der Waals surface area contributed by atoms with Gasteiger partial charge >= 0.3 is 0 Å². The van der Waals surface area contributed by atoms with Crippen LogP contribution in [-0.2, 0) is 9.53 Å². The molecule has 1 aromatic heterocycles. The molecule has 25 heavy (non-hydrogen) atoms. The molecule has 2 unspecified atom stereocenters.